The molecule has 1 aromatic heterocycles. The van der Waals surface area contributed by atoms with Crippen molar-refractivity contribution in [3.63, 3.8) is 0 Å². The molecule has 0 spiro atoms. The van der Waals surface area contributed by atoms with Crippen molar-refractivity contribution >= 4 is 5.91 Å². The minimum Gasteiger partial charge on any atom is -0.361 e. The molecule has 1 fully saturated rings. The van der Waals surface area contributed by atoms with Crippen molar-refractivity contribution in [3.8, 4) is 0 Å². The van der Waals surface area contributed by atoms with Gasteiger partial charge >= 0.3 is 0 Å². The number of aromatic amines is 1. The number of imidazole rings is 1. The van der Waals surface area contributed by atoms with Crippen molar-refractivity contribution in [1.29, 1.82) is 0 Å². The van der Waals surface area contributed by atoms with E-state index < -0.39 is 0 Å². The molecule has 1 saturated heterocycles. The van der Waals surface area contributed by atoms with Crippen LogP contribution < -0.4 is 0 Å². The highest BCUT2D eigenvalue weighted by Crippen LogP contribution is 2.28. The van der Waals surface area contributed by atoms with Gasteiger partial charge in [-0.05, 0) is 18.9 Å². The van der Waals surface area contributed by atoms with Crippen molar-refractivity contribution in [1.82, 2.24) is 14.9 Å². The van der Waals surface area contributed by atoms with E-state index in [2.05, 4.69) is 22.1 Å². The second-order valence-corrected chi connectivity index (χ2v) is 5.27. The van der Waals surface area contributed by atoms with Gasteiger partial charge in [-0.1, -0.05) is 30.3 Å². The van der Waals surface area contributed by atoms with E-state index in [1.54, 1.807) is 6.33 Å². The van der Waals surface area contributed by atoms with Gasteiger partial charge in [0.15, 0.2) is 0 Å². The van der Waals surface area contributed by atoms with Crippen LogP contribution in [-0.4, -0.2) is 34.1 Å². The lowest BCUT2D eigenvalue weighted by Crippen LogP contribution is -2.41. The molecule has 0 radical (unpaired) electrons. The molecule has 1 N–H and O–H groups in total. The van der Waals surface area contributed by atoms with E-state index >= 15 is 0 Å². The van der Waals surface area contributed by atoms with Crippen LogP contribution in [0.2, 0.25) is 0 Å². The number of hydrogen-bond acceptors (Lipinski definition) is 3. The van der Waals surface area contributed by atoms with Crippen LogP contribution in [-0.2, 0) is 16.0 Å². The third kappa shape index (κ3) is 2.97. The second-order valence-electron chi connectivity index (χ2n) is 5.27. The zero-order valence-corrected chi connectivity index (χ0v) is 12.1. The molecule has 1 unspecified atom stereocenters. The fourth-order valence-corrected chi connectivity index (χ4v) is 2.68. The molecular formula is C16H19N3O2. The fraction of sp³-hybridized carbons (Fsp3) is 0.375. The molecule has 21 heavy (non-hydrogen) atoms. The molecule has 5 nitrogen and oxygen atoms in total. The average molecular weight is 285 g/mol. The van der Waals surface area contributed by atoms with Gasteiger partial charge in [0.2, 0.25) is 5.91 Å². The number of nitrogens with zero attached hydrogens (tertiary/aromatic N) is 2. The molecule has 2 heterocycles. The standard InChI is InChI=1S/C16H19N3O2/c1-12-14(18-10-17-12)9-16(20)19-11-21-8-7-15(19)13-5-3-2-4-6-13/h2-6,10,15H,7-9,11H2,1H3,(H,17,18). The molecule has 2 aromatic rings. The van der Waals surface area contributed by atoms with E-state index in [4.69, 9.17) is 4.74 Å². The van der Waals surface area contributed by atoms with Gasteiger partial charge in [-0.3, -0.25) is 4.79 Å². The summed E-state index contributed by atoms with van der Waals surface area (Å²) in [7, 11) is 0. The fourth-order valence-electron chi connectivity index (χ4n) is 2.68. The Morgan fingerprint density at radius 3 is 2.95 bits per heavy atom. The van der Waals surface area contributed by atoms with Crippen molar-refractivity contribution in [3.05, 3.63) is 53.6 Å². The minimum absolute atomic E-state index is 0.0544. The first-order valence-electron chi connectivity index (χ1n) is 7.16. The lowest BCUT2D eigenvalue weighted by molar-refractivity contribution is -0.146. The Balaban J connectivity index is 1.78. The van der Waals surface area contributed by atoms with E-state index in [9.17, 15) is 4.79 Å². The van der Waals surface area contributed by atoms with Crippen molar-refractivity contribution < 1.29 is 9.53 Å². The number of amides is 1. The predicted octanol–water partition coefficient (Wildman–Crippen LogP) is 2.21. The Kier molecular flexibility index (Phi) is 4.01. The van der Waals surface area contributed by atoms with Crippen LogP contribution >= 0.6 is 0 Å². The first-order valence-corrected chi connectivity index (χ1v) is 7.16. The first-order chi connectivity index (χ1) is 10.3. The van der Waals surface area contributed by atoms with Gasteiger partial charge in [0, 0.05) is 5.69 Å². The van der Waals surface area contributed by atoms with Crippen molar-refractivity contribution in [2.24, 2.45) is 0 Å². The minimum atomic E-state index is 0.0544. The van der Waals surface area contributed by atoms with E-state index in [1.807, 2.05) is 30.0 Å². The number of aromatic nitrogens is 2. The SMILES string of the molecule is Cc1[nH]cnc1CC(=O)N1COCCC1c1ccccc1. The number of hydrogen-bond donors (Lipinski definition) is 1. The summed E-state index contributed by atoms with van der Waals surface area (Å²) in [4.78, 5) is 21.6. The van der Waals surface area contributed by atoms with Gasteiger partial charge in [0.25, 0.3) is 0 Å². The van der Waals surface area contributed by atoms with E-state index in [-0.39, 0.29) is 11.9 Å². The molecule has 0 bridgehead atoms. The molecule has 110 valence electrons. The third-order valence-electron chi connectivity index (χ3n) is 3.90. The number of carbonyl (C=O) groups is 1. The zero-order valence-electron chi connectivity index (χ0n) is 12.1. The summed E-state index contributed by atoms with van der Waals surface area (Å²) in [5, 5.41) is 0. The van der Waals surface area contributed by atoms with Crippen LogP contribution in [0.25, 0.3) is 0 Å². The molecule has 3 rings (SSSR count). The molecule has 0 aliphatic carbocycles. The Hall–Kier alpha value is -2.14. The van der Waals surface area contributed by atoms with Crippen molar-refractivity contribution in [2.45, 2.75) is 25.8 Å². The first kappa shape index (κ1) is 13.8. The van der Waals surface area contributed by atoms with Crippen molar-refractivity contribution in [2.75, 3.05) is 13.3 Å². The predicted molar refractivity (Wildman–Crippen MR) is 78.5 cm³/mol. The molecule has 1 aromatic carbocycles. The Morgan fingerprint density at radius 1 is 1.43 bits per heavy atom. The lowest BCUT2D eigenvalue weighted by atomic mass is 10.0. The Labute approximate surface area is 124 Å². The lowest BCUT2D eigenvalue weighted by Gasteiger charge is -2.35. The van der Waals surface area contributed by atoms with Crippen LogP contribution in [0, 0.1) is 6.92 Å². The Morgan fingerprint density at radius 2 is 2.24 bits per heavy atom. The molecule has 1 atom stereocenters. The number of nitrogens with one attached hydrogen (secondary N) is 1. The summed E-state index contributed by atoms with van der Waals surface area (Å²) in [5.41, 5.74) is 2.91. The second kappa shape index (κ2) is 6.10. The van der Waals surface area contributed by atoms with E-state index in [0.29, 0.717) is 19.8 Å². The topological polar surface area (TPSA) is 58.2 Å². The molecular weight excluding hydrogens is 266 g/mol. The summed E-state index contributed by atoms with van der Waals surface area (Å²) >= 11 is 0. The monoisotopic (exact) mass is 285 g/mol. The number of rotatable bonds is 3. The third-order valence-corrected chi connectivity index (χ3v) is 3.90. The van der Waals surface area contributed by atoms with Gasteiger partial charge in [0.1, 0.15) is 6.73 Å². The number of benzene rings is 1. The normalized spacial score (nSPS) is 18.7. The number of carbonyl (C=O) groups excluding carboxylic acids is 1. The molecule has 1 amide bonds. The smallest absolute Gasteiger partial charge is 0.230 e. The largest absolute Gasteiger partial charge is 0.361 e. The maximum atomic E-state index is 12.6. The summed E-state index contributed by atoms with van der Waals surface area (Å²) in [6.07, 6.45) is 2.76. The van der Waals surface area contributed by atoms with Crippen LogP contribution in [0.3, 0.4) is 0 Å². The summed E-state index contributed by atoms with van der Waals surface area (Å²) in [6, 6.07) is 10.2. The average Bonchev–Trinajstić information content (AvgIpc) is 2.93. The van der Waals surface area contributed by atoms with E-state index in [0.717, 1.165) is 23.4 Å². The van der Waals surface area contributed by atoms with Crippen LogP contribution in [0.4, 0.5) is 0 Å². The van der Waals surface area contributed by atoms with Crippen LogP contribution in [0.1, 0.15) is 29.4 Å². The number of H-pyrrole nitrogens is 1. The summed E-state index contributed by atoms with van der Waals surface area (Å²) in [6.45, 7) is 2.96. The quantitative estimate of drug-likeness (QED) is 0.940. The Bertz CT molecular complexity index is 609. The molecule has 5 heteroatoms. The van der Waals surface area contributed by atoms with Crippen LogP contribution in [0.15, 0.2) is 36.7 Å². The van der Waals surface area contributed by atoms with Gasteiger partial charge < -0.3 is 14.6 Å². The maximum absolute atomic E-state index is 12.6. The van der Waals surface area contributed by atoms with E-state index in [1.165, 1.54) is 0 Å². The number of ether oxygens (including phenoxy) is 1. The highest BCUT2D eigenvalue weighted by Gasteiger charge is 2.28. The highest BCUT2D eigenvalue weighted by atomic mass is 16.5. The van der Waals surface area contributed by atoms with Gasteiger partial charge in [-0.2, -0.15) is 0 Å². The van der Waals surface area contributed by atoms with Gasteiger partial charge in [0.05, 0.1) is 31.1 Å². The summed E-state index contributed by atoms with van der Waals surface area (Å²) in [5.74, 6) is 0.0544. The van der Waals surface area contributed by atoms with Gasteiger partial charge in [-0.15, -0.1) is 0 Å². The molecule has 0 saturated carbocycles. The molecule has 1 aliphatic heterocycles. The van der Waals surface area contributed by atoms with Crippen LogP contribution in [0.5, 0.6) is 0 Å². The zero-order chi connectivity index (χ0) is 14.7. The highest BCUT2D eigenvalue weighted by molar-refractivity contribution is 5.79. The van der Waals surface area contributed by atoms with Gasteiger partial charge in [-0.25, -0.2) is 4.98 Å². The summed E-state index contributed by atoms with van der Waals surface area (Å²) < 4.78 is 5.48. The number of aryl methyl sites for hydroxylation is 1. The maximum Gasteiger partial charge on any atom is 0.230 e. The molecule has 1 aliphatic rings.